The molecule has 0 aliphatic carbocycles. The average Bonchev–Trinajstić information content (AvgIpc) is 2.94. The van der Waals surface area contributed by atoms with E-state index in [0.29, 0.717) is 24.1 Å². The third kappa shape index (κ3) is 3.53. The zero-order valence-electron chi connectivity index (χ0n) is 14.2. The minimum atomic E-state index is -0.543. The van der Waals surface area contributed by atoms with Gasteiger partial charge in [0.1, 0.15) is 6.04 Å². The molecule has 1 saturated heterocycles. The Bertz CT molecular complexity index is 863. The number of hydrogen-bond acceptors (Lipinski definition) is 3. The van der Waals surface area contributed by atoms with E-state index in [0.717, 1.165) is 16.8 Å². The fourth-order valence-corrected chi connectivity index (χ4v) is 3.15. The second-order valence-corrected chi connectivity index (χ2v) is 6.34. The van der Waals surface area contributed by atoms with E-state index in [9.17, 15) is 9.59 Å². The molecule has 2 aromatic rings. The van der Waals surface area contributed by atoms with Crippen molar-refractivity contribution in [3.8, 4) is 6.07 Å². The van der Waals surface area contributed by atoms with Gasteiger partial charge in [-0.1, -0.05) is 12.1 Å². The zero-order valence-corrected chi connectivity index (χ0v) is 14.2. The number of carbonyl (C=O) groups is 2. The highest BCUT2D eigenvalue weighted by atomic mass is 16.2. The van der Waals surface area contributed by atoms with Crippen molar-refractivity contribution in [1.82, 2.24) is 5.32 Å². The van der Waals surface area contributed by atoms with Crippen molar-refractivity contribution < 1.29 is 9.59 Å². The van der Waals surface area contributed by atoms with E-state index in [1.807, 2.05) is 32.0 Å². The number of rotatable bonds is 3. The van der Waals surface area contributed by atoms with Crippen LogP contribution < -0.4 is 10.2 Å². The summed E-state index contributed by atoms with van der Waals surface area (Å²) in [5.41, 5.74) is 3.87. The van der Waals surface area contributed by atoms with E-state index in [1.165, 1.54) is 6.07 Å². The number of nitrogens with zero attached hydrogens (tertiary/aromatic N) is 2. The van der Waals surface area contributed by atoms with Gasteiger partial charge in [0.2, 0.25) is 5.91 Å². The third-order valence-electron chi connectivity index (χ3n) is 4.28. The maximum Gasteiger partial charge on any atom is 0.251 e. The summed E-state index contributed by atoms with van der Waals surface area (Å²) < 4.78 is 0. The second kappa shape index (κ2) is 6.78. The molecule has 3 rings (SSSR count). The van der Waals surface area contributed by atoms with Crippen molar-refractivity contribution in [2.45, 2.75) is 26.3 Å². The van der Waals surface area contributed by atoms with Crippen LogP contribution >= 0.6 is 0 Å². The van der Waals surface area contributed by atoms with Gasteiger partial charge in [-0.2, -0.15) is 5.26 Å². The molecule has 0 aromatic heterocycles. The van der Waals surface area contributed by atoms with Gasteiger partial charge in [-0.25, -0.2) is 0 Å². The molecule has 1 aliphatic rings. The van der Waals surface area contributed by atoms with E-state index in [-0.39, 0.29) is 11.8 Å². The number of hydrogen-bond donors (Lipinski definition) is 1. The van der Waals surface area contributed by atoms with Crippen LogP contribution in [0.5, 0.6) is 0 Å². The van der Waals surface area contributed by atoms with Crippen LogP contribution in [0.2, 0.25) is 0 Å². The lowest BCUT2D eigenvalue weighted by Crippen LogP contribution is -2.41. The van der Waals surface area contributed by atoms with Gasteiger partial charge in [0.15, 0.2) is 0 Å². The van der Waals surface area contributed by atoms with Gasteiger partial charge in [-0.05, 0) is 61.7 Å². The molecule has 126 valence electrons. The lowest BCUT2D eigenvalue weighted by atomic mass is 10.1. The Morgan fingerprint density at radius 2 is 1.92 bits per heavy atom. The summed E-state index contributed by atoms with van der Waals surface area (Å²) in [5.74, 6) is -0.437. The van der Waals surface area contributed by atoms with E-state index < -0.39 is 6.04 Å². The van der Waals surface area contributed by atoms with Crippen LogP contribution in [-0.4, -0.2) is 24.4 Å². The smallest absolute Gasteiger partial charge is 0.251 e. The number of aryl methyl sites for hydroxylation is 2. The Morgan fingerprint density at radius 1 is 1.20 bits per heavy atom. The molecule has 5 heteroatoms. The fourth-order valence-electron chi connectivity index (χ4n) is 3.15. The van der Waals surface area contributed by atoms with Crippen LogP contribution in [0.15, 0.2) is 42.5 Å². The summed E-state index contributed by atoms with van der Waals surface area (Å²) >= 11 is 0. The van der Waals surface area contributed by atoms with E-state index >= 15 is 0 Å². The quantitative estimate of drug-likeness (QED) is 0.938. The number of nitriles is 1. The predicted octanol–water partition coefficient (Wildman–Crippen LogP) is 2.71. The normalized spacial score (nSPS) is 16.6. The van der Waals surface area contributed by atoms with Gasteiger partial charge in [-0.3, -0.25) is 9.59 Å². The largest absolute Gasteiger partial charge is 0.340 e. The van der Waals surface area contributed by atoms with Crippen LogP contribution in [0.4, 0.5) is 5.69 Å². The summed E-state index contributed by atoms with van der Waals surface area (Å²) in [4.78, 5) is 26.8. The van der Waals surface area contributed by atoms with Crippen molar-refractivity contribution in [2.75, 3.05) is 11.4 Å². The van der Waals surface area contributed by atoms with Gasteiger partial charge < -0.3 is 10.2 Å². The highest BCUT2D eigenvalue weighted by Gasteiger charge is 2.33. The number of benzene rings is 2. The minimum Gasteiger partial charge on any atom is -0.340 e. The summed E-state index contributed by atoms with van der Waals surface area (Å²) in [6.07, 6.45) is 0.565. The summed E-state index contributed by atoms with van der Waals surface area (Å²) in [5, 5.41) is 11.7. The molecule has 0 saturated carbocycles. The summed E-state index contributed by atoms with van der Waals surface area (Å²) in [6, 6.07) is 13.9. The molecule has 5 nitrogen and oxygen atoms in total. The molecular formula is C20H19N3O2. The van der Waals surface area contributed by atoms with Crippen molar-refractivity contribution in [3.63, 3.8) is 0 Å². The Labute approximate surface area is 146 Å². The zero-order chi connectivity index (χ0) is 18.0. The summed E-state index contributed by atoms with van der Waals surface area (Å²) in [6.45, 7) is 4.57. The van der Waals surface area contributed by atoms with E-state index in [4.69, 9.17) is 5.26 Å². The first-order chi connectivity index (χ1) is 12.0. The lowest BCUT2D eigenvalue weighted by molar-refractivity contribution is -0.118. The van der Waals surface area contributed by atoms with Crippen LogP contribution in [0.25, 0.3) is 0 Å². The van der Waals surface area contributed by atoms with Crippen LogP contribution in [-0.2, 0) is 4.79 Å². The highest BCUT2D eigenvalue weighted by Crippen LogP contribution is 2.24. The minimum absolute atomic E-state index is 0.102. The molecule has 2 amide bonds. The van der Waals surface area contributed by atoms with Gasteiger partial charge >= 0.3 is 0 Å². The molecule has 1 N–H and O–H groups in total. The molecule has 0 radical (unpaired) electrons. The molecule has 25 heavy (non-hydrogen) atoms. The molecule has 1 fully saturated rings. The number of carbonyl (C=O) groups excluding carboxylic acids is 2. The third-order valence-corrected chi connectivity index (χ3v) is 4.28. The van der Waals surface area contributed by atoms with E-state index in [1.54, 1.807) is 23.1 Å². The Hall–Kier alpha value is -3.13. The van der Waals surface area contributed by atoms with Crippen molar-refractivity contribution in [1.29, 1.82) is 5.26 Å². The van der Waals surface area contributed by atoms with Crippen molar-refractivity contribution in [2.24, 2.45) is 0 Å². The van der Waals surface area contributed by atoms with Crippen molar-refractivity contribution in [3.05, 3.63) is 64.7 Å². The van der Waals surface area contributed by atoms with Crippen LogP contribution in [0.1, 0.15) is 33.5 Å². The molecule has 1 atom stereocenters. The van der Waals surface area contributed by atoms with Gasteiger partial charge in [0.25, 0.3) is 5.91 Å². The first kappa shape index (κ1) is 16.7. The highest BCUT2D eigenvalue weighted by molar-refractivity contribution is 6.04. The first-order valence-corrected chi connectivity index (χ1v) is 8.18. The molecule has 1 unspecified atom stereocenters. The molecule has 1 heterocycles. The van der Waals surface area contributed by atoms with Crippen LogP contribution in [0, 0.1) is 25.2 Å². The van der Waals surface area contributed by atoms with E-state index in [2.05, 4.69) is 11.4 Å². The lowest BCUT2D eigenvalue weighted by Gasteiger charge is -2.18. The predicted molar refractivity (Wildman–Crippen MR) is 95.3 cm³/mol. The number of anilines is 1. The molecule has 0 bridgehead atoms. The van der Waals surface area contributed by atoms with Crippen molar-refractivity contribution >= 4 is 17.5 Å². The maximum atomic E-state index is 12.7. The number of amides is 2. The Kier molecular flexibility index (Phi) is 4.53. The standard InChI is InChI=1S/C20H19N3O2/c1-13-8-14(2)10-17(9-13)23-7-6-18(20(23)25)22-19(24)16-5-3-4-15(11-16)12-21/h3-5,8-11,18H,6-7H2,1-2H3,(H,22,24). The Balaban J connectivity index is 1.73. The number of nitrogens with one attached hydrogen (secondary N) is 1. The molecule has 2 aromatic carbocycles. The van der Waals surface area contributed by atoms with Gasteiger partial charge in [0.05, 0.1) is 11.6 Å². The monoisotopic (exact) mass is 333 g/mol. The fraction of sp³-hybridized carbons (Fsp3) is 0.250. The van der Waals surface area contributed by atoms with Crippen LogP contribution in [0.3, 0.4) is 0 Å². The molecule has 1 aliphatic heterocycles. The maximum absolute atomic E-state index is 12.7. The SMILES string of the molecule is Cc1cc(C)cc(N2CCC(NC(=O)c3cccc(C#N)c3)C2=O)c1. The summed E-state index contributed by atoms with van der Waals surface area (Å²) in [7, 11) is 0. The van der Waals surface area contributed by atoms with Gasteiger partial charge in [0, 0.05) is 17.8 Å². The molecular weight excluding hydrogens is 314 g/mol. The topological polar surface area (TPSA) is 73.2 Å². The second-order valence-electron chi connectivity index (χ2n) is 6.34. The average molecular weight is 333 g/mol. The Morgan fingerprint density at radius 3 is 2.60 bits per heavy atom. The molecule has 0 spiro atoms. The van der Waals surface area contributed by atoms with Gasteiger partial charge in [-0.15, -0.1) is 0 Å². The first-order valence-electron chi connectivity index (χ1n) is 8.18.